The first-order chi connectivity index (χ1) is 13.2. The summed E-state index contributed by atoms with van der Waals surface area (Å²) >= 11 is 0. The zero-order chi connectivity index (χ0) is 19.1. The van der Waals surface area contributed by atoms with Gasteiger partial charge in [-0.1, -0.05) is 42.5 Å². The first-order valence-corrected chi connectivity index (χ1v) is 10.3. The molecule has 2 atom stereocenters. The SMILES string of the molecule is CCNC(=O)[C@@H]1C[C@H](NC2CCN(C)CC2)CN1C/C=C/c1ccccc1. The summed E-state index contributed by atoms with van der Waals surface area (Å²) in [6, 6.07) is 11.3. The Morgan fingerprint density at radius 2 is 1.93 bits per heavy atom. The van der Waals surface area contributed by atoms with Gasteiger partial charge in [0.15, 0.2) is 0 Å². The Morgan fingerprint density at radius 3 is 2.63 bits per heavy atom. The molecule has 0 radical (unpaired) electrons. The van der Waals surface area contributed by atoms with Crippen molar-refractivity contribution >= 4 is 12.0 Å². The lowest BCUT2D eigenvalue weighted by molar-refractivity contribution is -0.125. The Morgan fingerprint density at radius 1 is 1.19 bits per heavy atom. The van der Waals surface area contributed by atoms with Gasteiger partial charge in [-0.15, -0.1) is 0 Å². The highest BCUT2D eigenvalue weighted by Crippen LogP contribution is 2.20. The molecule has 1 aromatic rings. The van der Waals surface area contributed by atoms with Gasteiger partial charge in [0.05, 0.1) is 6.04 Å². The van der Waals surface area contributed by atoms with E-state index in [1.54, 1.807) is 0 Å². The van der Waals surface area contributed by atoms with E-state index in [0.717, 1.165) is 32.6 Å². The van der Waals surface area contributed by atoms with E-state index in [1.165, 1.54) is 18.4 Å². The van der Waals surface area contributed by atoms with E-state index in [2.05, 4.69) is 63.9 Å². The average Bonchev–Trinajstić information content (AvgIpc) is 3.07. The van der Waals surface area contributed by atoms with Gasteiger partial charge < -0.3 is 15.5 Å². The number of carbonyl (C=O) groups excluding carboxylic acids is 1. The van der Waals surface area contributed by atoms with Crippen LogP contribution in [0.5, 0.6) is 0 Å². The monoisotopic (exact) mass is 370 g/mol. The van der Waals surface area contributed by atoms with E-state index in [0.29, 0.717) is 18.6 Å². The Labute approximate surface area is 163 Å². The molecule has 0 aliphatic carbocycles. The number of amides is 1. The van der Waals surface area contributed by atoms with Crippen molar-refractivity contribution in [3.63, 3.8) is 0 Å². The number of nitrogens with zero attached hydrogens (tertiary/aromatic N) is 2. The lowest BCUT2D eigenvalue weighted by atomic mass is 10.0. The third-order valence-corrected chi connectivity index (χ3v) is 5.70. The fraction of sp³-hybridized carbons (Fsp3) is 0.591. The quantitative estimate of drug-likeness (QED) is 0.770. The fourth-order valence-corrected chi connectivity index (χ4v) is 4.19. The van der Waals surface area contributed by atoms with E-state index in [4.69, 9.17) is 0 Å². The Hall–Kier alpha value is -1.69. The number of carbonyl (C=O) groups is 1. The molecule has 5 heteroatoms. The summed E-state index contributed by atoms with van der Waals surface area (Å²) in [7, 11) is 2.19. The third-order valence-electron chi connectivity index (χ3n) is 5.70. The predicted octanol–water partition coefficient (Wildman–Crippen LogP) is 1.96. The smallest absolute Gasteiger partial charge is 0.237 e. The van der Waals surface area contributed by atoms with Crippen molar-refractivity contribution in [1.29, 1.82) is 0 Å². The summed E-state index contributed by atoms with van der Waals surface area (Å²) in [5, 5.41) is 6.85. The molecule has 27 heavy (non-hydrogen) atoms. The van der Waals surface area contributed by atoms with Crippen LogP contribution < -0.4 is 10.6 Å². The number of likely N-dealkylation sites (tertiary alicyclic amines) is 2. The lowest BCUT2D eigenvalue weighted by Crippen LogP contribution is -2.46. The molecule has 1 amide bonds. The van der Waals surface area contributed by atoms with Crippen LogP contribution in [0, 0.1) is 0 Å². The maximum absolute atomic E-state index is 12.6. The summed E-state index contributed by atoms with van der Waals surface area (Å²) < 4.78 is 0. The van der Waals surface area contributed by atoms with E-state index in [9.17, 15) is 4.79 Å². The molecule has 2 aliphatic heterocycles. The molecule has 0 aromatic heterocycles. The average molecular weight is 371 g/mol. The van der Waals surface area contributed by atoms with E-state index < -0.39 is 0 Å². The molecule has 0 unspecified atom stereocenters. The highest BCUT2D eigenvalue weighted by atomic mass is 16.2. The number of benzene rings is 1. The second kappa shape index (κ2) is 10.0. The van der Waals surface area contributed by atoms with Crippen LogP contribution >= 0.6 is 0 Å². The molecule has 2 saturated heterocycles. The van der Waals surface area contributed by atoms with Crippen LogP contribution in [0.2, 0.25) is 0 Å². The van der Waals surface area contributed by atoms with Gasteiger partial charge in [-0.2, -0.15) is 0 Å². The normalized spacial score (nSPS) is 25.3. The van der Waals surface area contributed by atoms with Gasteiger partial charge >= 0.3 is 0 Å². The zero-order valence-electron chi connectivity index (χ0n) is 16.7. The molecule has 3 rings (SSSR count). The topological polar surface area (TPSA) is 47.6 Å². The Balaban J connectivity index is 1.57. The molecule has 2 N–H and O–H groups in total. The highest BCUT2D eigenvalue weighted by molar-refractivity contribution is 5.82. The molecule has 148 valence electrons. The standard InChI is InChI=1S/C22H34N4O/c1-3-23-22(27)21-16-20(24-19-11-14-25(2)15-12-19)17-26(21)13-7-10-18-8-5-4-6-9-18/h4-10,19-21,24H,3,11-17H2,1-2H3,(H,23,27)/b10-7+/t20-,21-/m0/s1. The van der Waals surface area contributed by atoms with Crippen LogP contribution in [-0.2, 0) is 4.79 Å². The second-order valence-corrected chi connectivity index (χ2v) is 7.85. The van der Waals surface area contributed by atoms with Crippen LogP contribution in [0.15, 0.2) is 36.4 Å². The summed E-state index contributed by atoms with van der Waals surface area (Å²) in [6.45, 7) is 6.74. The molecule has 2 heterocycles. The van der Waals surface area contributed by atoms with Gasteiger partial charge in [0.2, 0.25) is 5.91 Å². The molecular formula is C22H34N4O. The molecule has 1 aromatic carbocycles. The van der Waals surface area contributed by atoms with Crippen molar-refractivity contribution in [3.8, 4) is 0 Å². The lowest BCUT2D eigenvalue weighted by Gasteiger charge is -2.31. The molecule has 2 fully saturated rings. The van der Waals surface area contributed by atoms with Crippen LogP contribution in [0.1, 0.15) is 31.7 Å². The minimum Gasteiger partial charge on any atom is -0.355 e. The summed E-state index contributed by atoms with van der Waals surface area (Å²) in [4.78, 5) is 17.3. The van der Waals surface area contributed by atoms with Crippen LogP contribution in [0.25, 0.3) is 6.08 Å². The molecular weight excluding hydrogens is 336 g/mol. The van der Waals surface area contributed by atoms with Crippen LogP contribution in [0.4, 0.5) is 0 Å². The van der Waals surface area contributed by atoms with Crippen molar-refractivity contribution in [1.82, 2.24) is 20.4 Å². The molecule has 0 saturated carbocycles. The zero-order valence-corrected chi connectivity index (χ0v) is 16.7. The number of hydrogen-bond donors (Lipinski definition) is 2. The molecule has 2 aliphatic rings. The minimum absolute atomic E-state index is 0.0332. The van der Waals surface area contributed by atoms with Crippen molar-refractivity contribution in [2.24, 2.45) is 0 Å². The van der Waals surface area contributed by atoms with Crippen molar-refractivity contribution in [3.05, 3.63) is 42.0 Å². The second-order valence-electron chi connectivity index (χ2n) is 7.85. The molecule has 0 bridgehead atoms. The van der Waals surface area contributed by atoms with Gasteiger partial charge in [-0.05, 0) is 51.9 Å². The van der Waals surface area contributed by atoms with E-state index in [1.807, 2.05) is 13.0 Å². The Kier molecular flexibility index (Phi) is 7.44. The fourth-order valence-electron chi connectivity index (χ4n) is 4.19. The first kappa shape index (κ1) is 20.1. The van der Waals surface area contributed by atoms with Gasteiger partial charge in [0.25, 0.3) is 0 Å². The number of nitrogens with one attached hydrogen (secondary N) is 2. The van der Waals surface area contributed by atoms with E-state index >= 15 is 0 Å². The van der Waals surface area contributed by atoms with Gasteiger partial charge in [0, 0.05) is 31.7 Å². The highest BCUT2D eigenvalue weighted by Gasteiger charge is 2.36. The third kappa shape index (κ3) is 5.89. The number of piperidine rings is 1. The van der Waals surface area contributed by atoms with Gasteiger partial charge in [0.1, 0.15) is 0 Å². The van der Waals surface area contributed by atoms with Gasteiger partial charge in [-0.3, -0.25) is 9.69 Å². The van der Waals surface area contributed by atoms with Crippen molar-refractivity contribution in [2.45, 2.75) is 44.3 Å². The first-order valence-electron chi connectivity index (χ1n) is 10.3. The Bertz CT molecular complexity index is 610. The summed E-state index contributed by atoms with van der Waals surface area (Å²) in [5.74, 6) is 0.165. The maximum atomic E-state index is 12.6. The van der Waals surface area contributed by atoms with Gasteiger partial charge in [-0.25, -0.2) is 0 Å². The summed E-state index contributed by atoms with van der Waals surface area (Å²) in [5.41, 5.74) is 1.20. The van der Waals surface area contributed by atoms with E-state index in [-0.39, 0.29) is 11.9 Å². The predicted molar refractivity (Wildman–Crippen MR) is 112 cm³/mol. The van der Waals surface area contributed by atoms with Crippen LogP contribution in [0.3, 0.4) is 0 Å². The largest absolute Gasteiger partial charge is 0.355 e. The summed E-state index contributed by atoms with van der Waals surface area (Å²) in [6.07, 6.45) is 7.63. The number of hydrogen-bond acceptors (Lipinski definition) is 4. The minimum atomic E-state index is -0.0332. The maximum Gasteiger partial charge on any atom is 0.237 e. The number of rotatable bonds is 7. The van der Waals surface area contributed by atoms with Crippen molar-refractivity contribution < 1.29 is 4.79 Å². The number of likely N-dealkylation sites (N-methyl/N-ethyl adjacent to an activating group) is 1. The van der Waals surface area contributed by atoms with Crippen LogP contribution in [-0.4, -0.2) is 73.6 Å². The molecule has 5 nitrogen and oxygen atoms in total. The molecule has 0 spiro atoms. The van der Waals surface area contributed by atoms with Crippen molar-refractivity contribution in [2.75, 3.05) is 39.8 Å².